The molecule has 2 amide bonds. The highest BCUT2D eigenvalue weighted by molar-refractivity contribution is 5.87. The van der Waals surface area contributed by atoms with Crippen LogP contribution < -0.4 is 5.32 Å². The zero-order valence-electron chi connectivity index (χ0n) is 10.6. The van der Waals surface area contributed by atoms with Gasteiger partial charge in [-0.05, 0) is 19.8 Å². The van der Waals surface area contributed by atoms with Gasteiger partial charge in [-0.3, -0.25) is 9.59 Å². The molecule has 5 heteroatoms. The Hall–Kier alpha value is -1.10. The van der Waals surface area contributed by atoms with E-state index in [-0.39, 0.29) is 17.9 Å². The molecule has 2 atom stereocenters. The SMILES string of the molecule is CC(=O)N1CCC[C@H]1C(=O)N1CCN[C@H](C)C1. The summed E-state index contributed by atoms with van der Waals surface area (Å²) in [7, 11) is 0. The highest BCUT2D eigenvalue weighted by Gasteiger charge is 2.35. The average molecular weight is 239 g/mol. The van der Waals surface area contributed by atoms with Gasteiger partial charge in [-0.15, -0.1) is 0 Å². The van der Waals surface area contributed by atoms with Crippen molar-refractivity contribution >= 4 is 11.8 Å². The maximum atomic E-state index is 12.4. The molecule has 2 heterocycles. The Morgan fingerprint density at radius 2 is 2.06 bits per heavy atom. The third kappa shape index (κ3) is 2.60. The van der Waals surface area contributed by atoms with Gasteiger partial charge in [0.2, 0.25) is 11.8 Å². The number of piperazine rings is 1. The second kappa shape index (κ2) is 5.04. The molecule has 1 N–H and O–H groups in total. The Labute approximate surface area is 102 Å². The van der Waals surface area contributed by atoms with Crippen molar-refractivity contribution in [3.8, 4) is 0 Å². The van der Waals surface area contributed by atoms with Gasteiger partial charge in [0.05, 0.1) is 0 Å². The first kappa shape index (κ1) is 12.4. The molecule has 0 aliphatic carbocycles. The first-order valence-electron chi connectivity index (χ1n) is 6.39. The second-order valence-electron chi connectivity index (χ2n) is 5.01. The number of hydrogen-bond donors (Lipinski definition) is 1. The minimum absolute atomic E-state index is 0.0176. The van der Waals surface area contributed by atoms with Gasteiger partial charge in [0.15, 0.2) is 0 Å². The van der Waals surface area contributed by atoms with Crippen molar-refractivity contribution in [3.63, 3.8) is 0 Å². The molecular weight excluding hydrogens is 218 g/mol. The number of amides is 2. The first-order chi connectivity index (χ1) is 8.09. The minimum Gasteiger partial charge on any atom is -0.338 e. The zero-order valence-corrected chi connectivity index (χ0v) is 10.6. The molecule has 0 saturated carbocycles. The fourth-order valence-electron chi connectivity index (χ4n) is 2.74. The van der Waals surface area contributed by atoms with Crippen LogP contribution in [0.25, 0.3) is 0 Å². The summed E-state index contributed by atoms with van der Waals surface area (Å²) in [6.45, 7) is 6.71. The molecule has 0 unspecified atom stereocenters. The fourth-order valence-corrected chi connectivity index (χ4v) is 2.74. The lowest BCUT2D eigenvalue weighted by Gasteiger charge is -2.35. The van der Waals surface area contributed by atoms with E-state index >= 15 is 0 Å². The van der Waals surface area contributed by atoms with Crippen molar-refractivity contribution < 1.29 is 9.59 Å². The molecule has 2 saturated heterocycles. The van der Waals surface area contributed by atoms with E-state index in [2.05, 4.69) is 12.2 Å². The van der Waals surface area contributed by atoms with Crippen LogP contribution in [0.2, 0.25) is 0 Å². The lowest BCUT2D eigenvalue weighted by atomic mass is 10.1. The molecule has 96 valence electrons. The van der Waals surface area contributed by atoms with Crippen LogP contribution in [0.3, 0.4) is 0 Å². The van der Waals surface area contributed by atoms with E-state index in [4.69, 9.17) is 0 Å². The molecule has 0 aromatic heterocycles. The Bertz CT molecular complexity index is 319. The number of carbonyl (C=O) groups excluding carboxylic acids is 2. The molecule has 2 fully saturated rings. The minimum atomic E-state index is -0.210. The fraction of sp³-hybridized carbons (Fsp3) is 0.833. The summed E-state index contributed by atoms with van der Waals surface area (Å²) in [5.74, 6) is 0.148. The van der Waals surface area contributed by atoms with Crippen LogP contribution in [0.4, 0.5) is 0 Å². The summed E-state index contributed by atoms with van der Waals surface area (Å²) in [6.07, 6.45) is 1.76. The molecule has 2 aliphatic heterocycles. The van der Waals surface area contributed by atoms with Crippen LogP contribution in [0.5, 0.6) is 0 Å². The summed E-state index contributed by atoms with van der Waals surface area (Å²) < 4.78 is 0. The van der Waals surface area contributed by atoms with Crippen molar-refractivity contribution in [2.45, 2.75) is 38.8 Å². The van der Waals surface area contributed by atoms with E-state index in [1.807, 2.05) is 4.90 Å². The number of nitrogens with one attached hydrogen (secondary N) is 1. The van der Waals surface area contributed by atoms with E-state index in [1.54, 1.807) is 11.8 Å². The van der Waals surface area contributed by atoms with Crippen molar-refractivity contribution in [2.75, 3.05) is 26.2 Å². The molecule has 2 rings (SSSR count). The van der Waals surface area contributed by atoms with Crippen molar-refractivity contribution in [1.82, 2.24) is 15.1 Å². The van der Waals surface area contributed by atoms with Crippen LogP contribution in [-0.2, 0) is 9.59 Å². The average Bonchev–Trinajstić information content (AvgIpc) is 2.77. The highest BCUT2D eigenvalue weighted by Crippen LogP contribution is 2.20. The van der Waals surface area contributed by atoms with Gasteiger partial charge in [-0.25, -0.2) is 0 Å². The molecule has 0 aromatic carbocycles. The molecule has 0 radical (unpaired) electrons. The molecule has 2 aliphatic rings. The summed E-state index contributed by atoms with van der Waals surface area (Å²) in [5, 5.41) is 3.32. The molecule has 0 spiro atoms. The number of hydrogen-bond acceptors (Lipinski definition) is 3. The maximum Gasteiger partial charge on any atom is 0.245 e. The largest absolute Gasteiger partial charge is 0.338 e. The van der Waals surface area contributed by atoms with Crippen LogP contribution >= 0.6 is 0 Å². The molecule has 0 aromatic rings. The van der Waals surface area contributed by atoms with Gasteiger partial charge in [-0.1, -0.05) is 0 Å². The molecule has 5 nitrogen and oxygen atoms in total. The Kier molecular flexibility index (Phi) is 3.66. The van der Waals surface area contributed by atoms with Gasteiger partial charge in [0, 0.05) is 39.1 Å². The summed E-state index contributed by atoms with van der Waals surface area (Å²) in [5.41, 5.74) is 0. The maximum absolute atomic E-state index is 12.4. The lowest BCUT2D eigenvalue weighted by Crippen LogP contribution is -2.56. The molecule has 17 heavy (non-hydrogen) atoms. The van der Waals surface area contributed by atoms with Crippen LogP contribution in [0.15, 0.2) is 0 Å². The van der Waals surface area contributed by atoms with E-state index in [0.717, 1.165) is 39.0 Å². The number of carbonyl (C=O) groups is 2. The number of likely N-dealkylation sites (tertiary alicyclic amines) is 1. The highest BCUT2D eigenvalue weighted by atomic mass is 16.2. The summed E-state index contributed by atoms with van der Waals surface area (Å²) in [4.78, 5) is 27.4. The van der Waals surface area contributed by atoms with Gasteiger partial charge in [0.1, 0.15) is 6.04 Å². The van der Waals surface area contributed by atoms with E-state index in [0.29, 0.717) is 6.04 Å². The topological polar surface area (TPSA) is 52.7 Å². The van der Waals surface area contributed by atoms with Crippen molar-refractivity contribution in [3.05, 3.63) is 0 Å². The second-order valence-corrected chi connectivity index (χ2v) is 5.01. The number of rotatable bonds is 1. The monoisotopic (exact) mass is 239 g/mol. The zero-order chi connectivity index (χ0) is 12.4. The standard InChI is InChI=1S/C12H21N3O2/c1-9-8-14(7-5-13-9)12(17)11-4-3-6-15(11)10(2)16/h9,11,13H,3-8H2,1-2H3/t9-,11+/m1/s1. The summed E-state index contributed by atoms with van der Waals surface area (Å²) in [6, 6.07) is 0.137. The summed E-state index contributed by atoms with van der Waals surface area (Å²) >= 11 is 0. The normalized spacial score (nSPS) is 29.5. The number of nitrogens with zero attached hydrogens (tertiary/aromatic N) is 2. The Morgan fingerprint density at radius 3 is 2.71 bits per heavy atom. The Morgan fingerprint density at radius 1 is 1.29 bits per heavy atom. The van der Waals surface area contributed by atoms with Crippen molar-refractivity contribution in [2.24, 2.45) is 0 Å². The van der Waals surface area contributed by atoms with E-state index < -0.39 is 0 Å². The van der Waals surface area contributed by atoms with E-state index in [1.165, 1.54) is 0 Å². The van der Waals surface area contributed by atoms with Crippen LogP contribution in [0.1, 0.15) is 26.7 Å². The quantitative estimate of drug-likeness (QED) is 0.690. The first-order valence-corrected chi connectivity index (χ1v) is 6.39. The third-order valence-corrected chi connectivity index (χ3v) is 3.62. The van der Waals surface area contributed by atoms with Crippen LogP contribution in [-0.4, -0.2) is 59.9 Å². The smallest absolute Gasteiger partial charge is 0.245 e. The van der Waals surface area contributed by atoms with Gasteiger partial charge in [-0.2, -0.15) is 0 Å². The Balaban J connectivity index is 2.01. The van der Waals surface area contributed by atoms with E-state index in [9.17, 15) is 9.59 Å². The molecule has 0 bridgehead atoms. The van der Waals surface area contributed by atoms with Gasteiger partial charge in [0.25, 0.3) is 0 Å². The van der Waals surface area contributed by atoms with Crippen LogP contribution in [0, 0.1) is 0 Å². The predicted octanol–water partition coefficient (Wildman–Crippen LogP) is -0.182. The predicted molar refractivity (Wildman–Crippen MR) is 64.5 cm³/mol. The molecular formula is C12H21N3O2. The lowest BCUT2D eigenvalue weighted by molar-refractivity contribution is -0.143. The van der Waals surface area contributed by atoms with Crippen molar-refractivity contribution in [1.29, 1.82) is 0 Å². The van der Waals surface area contributed by atoms with Gasteiger partial charge < -0.3 is 15.1 Å². The van der Waals surface area contributed by atoms with Gasteiger partial charge >= 0.3 is 0 Å². The third-order valence-electron chi connectivity index (χ3n) is 3.62.